The van der Waals surface area contributed by atoms with Gasteiger partial charge in [0, 0.05) is 18.5 Å². The lowest BCUT2D eigenvalue weighted by molar-refractivity contribution is -0.135. The van der Waals surface area contributed by atoms with Crippen molar-refractivity contribution in [3.63, 3.8) is 0 Å². The molecular formula is C25H23FN2O3. The molecule has 0 saturated heterocycles. The quantitative estimate of drug-likeness (QED) is 0.544. The number of halogens is 1. The Morgan fingerprint density at radius 1 is 1.00 bits per heavy atom. The fourth-order valence-corrected chi connectivity index (χ4v) is 3.44. The number of rotatable bonds is 8. The second-order valence-electron chi connectivity index (χ2n) is 7.31. The highest BCUT2D eigenvalue weighted by atomic mass is 19.1. The van der Waals surface area contributed by atoms with E-state index in [1.54, 1.807) is 23.1 Å². The summed E-state index contributed by atoms with van der Waals surface area (Å²) in [5, 5.41) is 4.07. The first-order valence-electron chi connectivity index (χ1n) is 10.2. The van der Waals surface area contributed by atoms with Crippen LogP contribution in [0.2, 0.25) is 0 Å². The van der Waals surface area contributed by atoms with Crippen LogP contribution < -0.4 is 4.74 Å². The van der Waals surface area contributed by atoms with E-state index in [1.807, 2.05) is 60.7 Å². The van der Waals surface area contributed by atoms with Crippen LogP contribution in [-0.4, -0.2) is 35.8 Å². The highest BCUT2D eigenvalue weighted by Crippen LogP contribution is 2.20. The van der Waals surface area contributed by atoms with Crippen LogP contribution in [0.25, 0.3) is 0 Å². The van der Waals surface area contributed by atoms with Crippen molar-refractivity contribution in [2.75, 3.05) is 13.2 Å². The summed E-state index contributed by atoms with van der Waals surface area (Å²) < 4.78 is 19.7. The van der Waals surface area contributed by atoms with Crippen LogP contribution in [0.15, 0.2) is 90.1 Å². The number of amides is 1. The molecule has 158 valence electrons. The third-order valence-corrected chi connectivity index (χ3v) is 5.02. The van der Waals surface area contributed by atoms with Gasteiger partial charge in [-0.3, -0.25) is 4.79 Å². The van der Waals surface area contributed by atoms with Gasteiger partial charge in [0.2, 0.25) is 0 Å². The van der Waals surface area contributed by atoms with Crippen molar-refractivity contribution in [2.45, 2.75) is 19.1 Å². The van der Waals surface area contributed by atoms with Gasteiger partial charge in [0.15, 0.2) is 12.7 Å². The molecule has 1 aliphatic rings. The summed E-state index contributed by atoms with van der Waals surface area (Å²) in [6, 6.07) is 25.4. The largest absolute Gasteiger partial charge is 0.484 e. The van der Waals surface area contributed by atoms with Crippen LogP contribution in [0.3, 0.4) is 0 Å². The monoisotopic (exact) mass is 418 g/mol. The molecule has 3 aromatic carbocycles. The van der Waals surface area contributed by atoms with E-state index in [-0.39, 0.29) is 24.4 Å². The van der Waals surface area contributed by atoms with Gasteiger partial charge in [-0.15, -0.1) is 0 Å². The molecule has 0 radical (unpaired) electrons. The molecule has 1 heterocycles. The Hall–Kier alpha value is -3.67. The van der Waals surface area contributed by atoms with Crippen LogP contribution in [0.5, 0.6) is 5.75 Å². The van der Waals surface area contributed by atoms with Crippen molar-refractivity contribution in [2.24, 2.45) is 5.16 Å². The Balaban J connectivity index is 1.42. The predicted molar refractivity (Wildman–Crippen MR) is 116 cm³/mol. The summed E-state index contributed by atoms with van der Waals surface area (Å²) in [4.78, 5) is 20.2. The molecule has 0 spiro atoms. The zero-order chi connectivity index (χ0) is 21.5. The normalized spacial score (nSPS) is 15.1. The van der Waals surface area contributed by atoms with Gasteiger partial charge in [-0.25, -0.2) is 4.39 Å². The Morgan fingerprint density at radius 2 is 1.68 bits per heavy atom. The molecule has 0 aromatic heterocycles. The molecule has 6 heteroatoms. The SMILES string of the molecule is O=C(COc1ccccc1)N(Cc1ccccc1)CC1CC(c2ccccc2F)=NO1. The van der Waals surface area contributed by atoms with Crippen LogP contribution in [-0.2, 0) is 16.2 Å². The molecule has 0 fully saturated rings. The van der Waals surface area contributed by atoms with E-state index in [1.165, 1.54) is 6.07 Å². The zero-order valence-electron chi connectivity index (χ0n) is 17.0. The number of nitrogens with zero attached hydrogens (tertiary/aromatic N) is 2. The van der Waals surface area contributed by atoms with E-state index in [0.717, 1.165) is 5.56 Å². The smallest absolute Gasteiger partial charge is 0.260 e. The van der Waals surface area contributed by atoms with E-state index >= 15 is 0 Å². The van der Waals surface area contributed by atoms with Gasteiger partial charge in [0.1, 0.15) is 11.6 Å². The molecule has 5 nitrogen and oxygen atoms in total. The van der Waals surface area contributed by atoms with Crippen molar-refractivity contribution in [3.05, 3.63) is 102 Å². The number of carbonyl (C=O) groups is 1. The average molecular weight is 418 g/mol. The Kier molecular flexibility index (Phi) is 6.57. The molecule has 0 bridgehead atoms. The molecule has 0 aliphatic carbocycles. The van der Waals surface area contributed by atoms with Gasteiger partial charge in [-0.2, -0.15) is 0 Å². The van der Waals surface area contributed by atoms with Crippen molar-refractivity contribution in [1.82, 2.24) is 4.90 Å². The molecule has 1 atom stereocenters. The summed E-state index contributed by atoms with van der Waals surface area (Å²) in [5.41, 5.74) is 1.98. The molecule has 0 N–H and O–H groups in total. The first kappa shape index (κ1) is 20.6. The zero-order valence-corrected chi connectivity index (χ0v) is 17.0. The molecule has 3 aromatic rings. The highest BCUT2D eigenvalue weighted by Gasteiger charge is 2.28. The van der Waals surface area contributed by atoms with Crippen molar-refractivity contribution in [3.8, 4) is 5.75 Å². The number of carbonyl (C=O) groups excluding carboxylic acids is 1. The van der Waals surface area contributed by atoms with E-state index in [2.05, 4.69) is 5.16 Å². The first-order valence-corrected chi connectivity index (χ1v) is 10.2. The second kappa shape index (κ2) is 9.89. The summed E-state index contributed by atoms with van der Waals surface area (Å²) in [6.07, 6.45) is 0.0815. The Bertz CT molecular complexity index is 1040. The molecule has 1 aliphatic heterocycles. The van der Waals surface area contributed by atoms with Gasteiger partial charge >= 0.3 is 0 Å². The summed E-state index contributed by atoms with van der Waals surface area (Å²) in [5.74, 6) is 0.146. The third-order valence-electron chi connectivity index (χ3n) is 5.02. The number of benzene rings is 3. The number of hydrogen-bond donors (Lipinski definition) is 0. The van der Waals surface area contributed by atoms with Gasteiger partial charge in [-0.1, -0.05) is 71.9 Å². The van der Waals surface area contributed by atoms with Gasteiger partial charge < -0.3 is 14.5 Å². The van der Waals surface area contributed by atoms with E-state index in [0.29, 0.717) is 36.5 Å². The number of ether oxygens (including phenoxy) is 1. The topological polar surface area (TPSA) is 51.1 Å². The first-order chi connectivity index (χ1) is 15.2. The van der Waals surface area contributed by atoms with Gasteiger partial charge in [-0.05, 0) is 23.8 Å². The predicted octanol–water partition coefficient (Wildman–Crippen LogP) is 4.43. The molecular weight excluding hydrogens is 395 g/mol. The highest BCUT2D eigenvalue weighted by molar-refractivity contribution is 6.01. The lowest BCUT2D eigenvalue weighted by Crippen LogP contribution is -2.40. The van der Waals surface area contributed by atoms with E-state index in [4.69, 9.17) is 9.57 Å². The number of para-hydroxylation sites is 1. The Labute approximate surface area is 180 Å². The maximum Gasteiger partial charge on any atom is 0.260 e. The van der Waals surface area contributed by atoms with Crippen LogP contribution >= 0.6 is 0 Å². The van der Waals surface area contributed by atoms with E-state index < -0.39 is 0 Å². The average Bonchev–Trinajstić information content (AvgIpc) is 3.27. The van der Waals surface area contributed by atoms with Crippen LogP contribution in [0.4, 0.5) is 4.39 Å². The third kappa shape index (κ3) is 5.48. The molecule has 31 heavy (non-hydrogen) atoms. The summed E-state index contributed by atoms with van der Waals surface area (Å²) in [7, 11) is 0. The molecule has 0 saturated carbocycles. The van der Waals surface area contributed by atoms with Gasteiger partial charge in [0.05, 0.1) is 12.3 Å². The lowest BCUT2D eigenvalue weighted by Gasteiger charge is -2.25. The minimum Gasteiger partial charge on any atom is -0.484 e. The fraction of sp³-hybridized carbons (Fsp3) is 0.200. The molecule has 1 amide bonds. The van der Waals surface area contributed by atoms with Crippen molar-refractivity contribution in [1.29, 1.82) is 0 Å². The minimum atomic E-state index is -0.348. The van der Waals surface area contributed by atoms with Crippen molar-refractivity contribution < 1.29 is 18.8 Å². The lowest BCUT2D eigenvalue weighted by atomic mass is 10.0. The summed E-state index contributed by atoms with van der Waals surface area (Å²) in [6.45, 7) is 0.671. The maximum atomic E-state index is 14.1. The maximum absolute atomic E-state index is 14.1. The minimum absolute atomic E-state index is 0.0788. The van der Waals surface area contributed by atoms with Crippen molar-refractivity contribution >= 4 is 11.6 Å². The summed E-state index contributed by atoms with van der Waals surface area (Å²) >= 11 is 0. The van der Waals surface area contributed by atoms with E-state index in [9.17, 15) is 9.18 Å². The molecule has 4 rings (SSSR count). The van der Waals surface area contributed by atoms with Crippen LogP contribution in [0, 0.1) is 5.82 Å². The fourth-order valence-electron chi connectivity index (χ4n) is 3.44. The number of oxime groups is 1. The second-order valence-corrected chi connectivity index (χ2v) is 7.31. The molecule has 1 unspecified atom stereocenters. The van der Waals surface area contributed by atoms with Crippen LogP contribution in [0.1, 0.15) is 17.5 Å². The number of hydrogen-bond acceptors (Lipinski definition) is 4. The van der Waals surface area contributed by atoms with Gasteiger partial charge in [0.25, 0.3) is 5.91 Å². The standard InChI is InChI=1S/C25H23FN2O3/c26-23-14-8-7-13-22(23)24-15-21(31-27-24)17-28(16-19-9-3-1-4-10-19)25(29)18-30-20-11-5-2-6-12-20/h1-14,21H,15-18H2. The Morgan fingerprint density at radius 3 is 2.42 bits per heavy atom.